The minimum atomic E-state index is -0.122. The molecule has 0 amide bonds. The van der Waals surface area contributed by atoms with Crippen LogP contribution in [0.25, 0.3) is 55.7 Å². The third kappa shape index (κ3) is 8.31. The zero-order valence-corrected chi connectivity index (χ0v) is 63.1. The molecule has 4 unspecified atom stereocenters. The van der Waals surface area contributed by atoms with Gasteiger partial charge in [-0.15, -0.1) is 0 Å². The molecule has 4 atom stereocenters. The van der Waals surface area contributed by atoms with Crippen molar-refractivity contribution in [3.63, 3.8) is 0 Å². The molecule has 2 saturated carbocycles. The summed E-state index contributed by atoms with van der Waals surface area (Å²) in [4.78, 5) is 5.48. The number of rotatable bonds is 2. The molecule has 97 heavy (non-hydrogen) atoms. The number of fused-ring (bicyclic) bond motifs is 20. The molecule has 18 rings (SSSR count). The highest BCUT2D eigenvalue weighted by Gasteiger charge is 2.63. The summed E-state index contributed by atoms with van der Waals surface area (Å²) >= 11 is 14.5. The Balaban J connectivity index is 0.000000146. The molecule has 0 spiro atoms. The average molecular weight is 1320 g/mol. The Hall–Kier alpha value is -6.92. The fourth-order valence-electron chi connectivity index (χ4n) is 20.9. The number of benzene rings is 8. The minimum absolute atomic E-state index is 0.00415. The van der Waals surface area contributed by atoms with Gasteiger partial charge in [-0.1, -0.05) is 258 Å². The second-order valence-electron chi connectivity index (χ2n) is 37.1. The van der Waals surface area contributed by atoms with E-state index in [2.05, 4.69) is 297 Å². The molecule has 2 aromatic heterocycles. The minimum Gasteiger partial charge on any atom is -0.335 e. The van der Waals surface area contributed by atoms with Gasteiger partial charge < -0.3 is 18.9 Å². The standard InChI is InChI=1S/C45H48BClN2.C45H51ClN2/c1-41(2,3)25-19-29-36-39(28-15-11-12-16-30(28)43(36,7)8)48-34-23-27(47)24-35-37(34)46(32(21-25)38(29)48)33-22-26(42(4,5)6)20-31-40(33)49(35)45(10)18-14-13-17-44(31,45)9;1-41(2,3)28-17-19-37-34(23-28)39-40(33-15-11-12-16-35(33)43(39,7)8)47(37)31-25-30(46)26-32(27-31)48-38-20-18-29(42(4,5)6)24-36(38)44(9)21-13-14-22-45(44,48)10/h11-12,15-16,19-24H,13-14,17-18H2,1-10H3;11-12,15-20,23-27H,13-14,21-22H2,1-10H3. The lowest BCUT2D eigenvalue weighted by molar-refractivity contribution is 0.195. The molecule has 496 valence electrons. The number of aromatic nitrogens is 2. The summed E-state index contributed by atoms with van der Waals surface area (Å²) in [7, 11) is 0. The SMILES string of the molecule is CC(C)(C)c1cc2c3c(c1)C1(C)CCCCC1(C)N3c1cc(Cl)cc3c1B2c1cc(C(C)(C)C)cc2c4c(n-3c12)-c1ccccc1C4(C)C.CC(C)(C)c1ccc2c(c1)C1(C)CCCCC1(C)N2c1cc(Cl)cc(-n2c3c(c4cc(C(C)(C)C)ccc42)C(C)(C)c2ccccc2-3)c1. The van der Waals surface area contributed by atoms with Gasteiger partial charge in [-0.2, -0.15) is 0 Å². The van der Waals surface area contributed by atoms with Crippen LogP contribution in [0.1, 0.15) is 245 Å². The average Bonchev–Trinajstić information content (AvgIpc) is 1.51. The maximum atomic E-state index is 7.32. The summed E-state index contributed by atoms with van der Waals surface area (Å²) in [5, 5.41) is 4.35. The van der Waals surface area contributed by atoms with E-state index in [9.17, 15) is 0 Å². The van der Waals surface area contributed by atoms with Crippen molar-refractivity contribution >= 4 is 90.9 Å². The maximum Gasteiger partial charge on any atom is 0.252 e. The number of nitrogens with zero attached hydrogens (tertiary/aromatic N) is 4. The molecule has 0 N–H and O–H groups in total. The molecule has 0 radical (unpaired) electrons. The van der Waals surface area contributed by atoms with Crippen LogP contribution in [0.2, 0.25) is 10.0 Å². The van der Waals surface area contributed by atoms with Crippen LogP contribution >= 0.6 is 23.2 Å². The van der Waals surface area contributed by atoms with E-state index in [0.717, 1.165) is 22.2 Å². The second-order valence-corrected chi connectivity index (χ2v) is 38.0. The molecule has 10 aromatic rings. The van der Waals surface area contributed by atoms with Gasteiger partial charge in [0.15, 0.2) is 0 Å². The topological polar surface area (TPSA) is 16.3 Å². The fourth-order valence-corrected chi connectivity index (χ4v) is 21.4. The predicted molar refractivity (Wildman–Crippen MR) is 417 cm³/mol. The van der Waals surface area contributed by atoms with Gasteiger partial charge in [0, 0.05) is 93.2 Å². The van der Waals surface area contributed by atoms with E-state index in [1.807, 2.05) is 0 Å². The Bertz CT molecular complexity index is 5120. The molecular weight excluding hydrogens is 1220 g/mol. The molecule has 8 aromatic carbocycles. The molecule has 4 nitrogen and oxygen atoms in total. The van der Waals surface area contributed by atoms with Crippen molar-refractivity contribution in [2.24, 2.45) is 0 Å². The highest BCUT2D eigenvalue weighted by molar-refractivity contribution is 7.00. The Morgan fingerprint density at radius 3 is 1.48 bits per heavy atom. The Labute approximate surface area is 589 Å². The molecule has 0 bridgehead atoms. The quantitative estimate of drug-likeness (QED) is 0.160. The zero-order chi connectivity index (χ0) is 68.6. The smallest absolute Gasteiger partial charge is 0.252 e. The fraction of sp³-hybridized carbons (Fsp3) is 0.422. The first-order valence-corrected chi connectivity index (χ1v) is 37.4. The van der Waals surface area contributed by atoms with Crippen molar-refractivity contribution in [2.75, 3.05) is 9.80 Å². The normalized spacial score (nSPS) is 23.3. The highest BCUT2D eigenvalue weighted by atomic mass is 35.5. The van der Waals surface area contributed by atoms with Crippen molar-refractivity contribution in [2.45, 2.75) is 244 Å². The predicted octanol–water partition coefficient (Wildman–Crippen LogP) is 23.0. The van der Waals surface area contributed by atoms with Gasteiger partial charge in [0.2, 0.25) is 0 Å². The van der Waals surface area contributed by atoms with Gasteiger partial charge in [-0.25, -0.2) is 0 Å². The van der Waals surface area contributed by atoms with Crippen molar-refractivity contribution in [1.29, 1.82) is 0 Å². The lowest BCUT2D eigenvalue weighted by Gasteiger charge is -2.52. The lowest BCUT2D eigenvalue weighted by Crippen LogP contribution is -2.64. The van der Waals surface area contributed by atoms with E-state index >= 15 is 0 Å². The molecule has 8 aliphatic rings. The van der Waals surface area contributed by atoms with Crippen molar-refractivity contribution in [3.05, 3.63) is 205 Å². The van der Waals surface area contributed by atoms with Crippen molar-refractivity contribution < 1.29 is 0 Å². The molecule has 7 heteroatoms. The Morgan fingerprint density at radius 2 is 0.866 bits per heavy atom. The Kier molecular flexibility index (Phi) is 13.1. The monoisotopic (exact) mass is 1320 g/mol. The summed E-state index contributed by atoms with van der Waals surface area (Å²) < 4.78 is 5.17. The molecule has 4 aliphatic heterocycles. The first kappa shape index (κ1) is 63.5. The first-order chi connectivity index (χ1) is 45.4. The summed E-state index contributed by atoms with van der Waals surface area (Å²) in [6.45, 7) is 48.2. The second kappa shape index (κ2) is 20.0. The van der Waals surface area contributed by atoms with Gasteiger partial charge in [-0.3, -0.25) is 0 Å². The van der Waals surface area contributed by atoms with Crippen LogP contribution < -0.4 is 26.2 Å². The maximum absolute atomic E-state index is 7.32. The number of hydrogen-bond acceptors (Lipinski definition) is 2. The summed E-state index contributed by atoms with van der Waals surface area (Å²) in [6, 6.07) is 54.4. The Morgan fingerprint density at radius 1 is 0.392 bits per heavy atom. The van der Waals surface area contributed by atoms with Crippen molar-refractivity contribution in [3.8, 4) is 33.9 Å². The van der Waals surface area contributed by atoms with E-state index in [-0.39, 0.29) is 61.1 Å². The molecule has 4 aliphatic carbocycles. The van der Waals surface area contributed by atoms with Crippen LogP contribution in [-0.2, 0) is 43.3 Å². The van der Waals surface area contributed by atoms with Crippen LogP contribution in [0.5, 0.6) is 0 Å². The highest BCUT2D eigenvalue weighted by Crippen LogP contribution is 2.65. The van der Waals surface area contributed by atoms with E-state index in [1.165, 1.54) is 184 Å². The first-order valence-electron chi connectivity index (χ1n) is 36.7. The third-order valence-electron chi connectivity index (χ3n) is 26.7. The van der Waals surface area contributed by atoms with Gasteiger partial charge in [-0.05, 0) is 188 Å². The third-order valence-corrected chi connectivity index (χ3v) is 27.1. The largest absolute Gasteiger partial charge is 0.335 e. The van der Waals surface area contributed by atoms with E-state index in [1.54, 1.807) is 5.56 Å². The van der Waals surface area contributed by atoms with Crippen LogP contribution in [0.3, 0.4) is 0 Å². The summed E-state index contributed by atoms with van der Waals surface area (Å²) in [6.07, 6.45) is 9.82. The van der Waals surface area contributed by atoms with Gasteiger partial charge >= 0.3 is 0 Å². The van der Waals surface area contributed by atoms with Gasteiger partial charge in [0.1, 0.15) is 0 Å². The zero-order valence-electron chi connectivity index (χ0n) is 61.6. The van der Waals surface area contributed by atoms with Crippen LogP contribution in [-0.4, -0.2) is 26.9 Å². The molecule has 2 fully saturated rings. The summed E-state index contributed by atoms with van der Waals surface area (Å²) in [5.41, 5.74) is 34.4. The van der Waals surface area contributed by atoms with Crippen LogP contribution in [0.4, 0.5) is 22.7 Å². The van der Waals surface area contributed by atoms with E-state index in [0.29, 0.717) is 0 Å². The summed E-state index contributed by atoms with van der Waals surface area (Å²) in [5.74, 6) is 0. The molecule has 6 heterocycles. The van der Waals surface area contributed by atoms with Gasteiger partial charge in [0.05, 0.1) is 28.0 Å². The van der Waals surface area contributed by atoms with Gasteiger partial charge in [0.25, 0.3) is 6.71 Å². The van der Waals surface area contributed by atoms with Crippen LogP contribution in [0, 0.1) is 0 Å². The molecule has 0 saturated heterocycles. The number of halogens is 2. The van der Waals surface area contributed by atoms with Crippen molar-refractivity contribution in [1.82, 2.24) is 9.13 Å². The lowest BCUT2D eigenvalue weighted by atomic mass is 9.33. The number of anilines is 4. The molecular formula is C90H99BCl2N4. The van der Waals surface area contributed by atoms with E-state index in [4.69, 9.17) is 23.2 Å². The van der Waals surface area contributed by atoms with Crippen LogP contribution in [0.15, 0.2) is 140 Å². The van der Waals surface area contributed by atoms with E-state index < -0.39 is 0 Å². The number of hydrogen-bond donors (Lipinski definition) is 0.